The highest BCUT2D eigenvalue weighted by Crippen LogP contribution is 2.23. The van der Waals surface area contributed by atoms with Crippen LogP contribution in [0.4, 0.5) is 5.82 Å². The number of nitrogen functional groups attached to an aromatic ring is 1. The highest BCUT2D eigenvalue weighted by atomic mass is 32.2. The van der Waals surface area contributed by atoms with Crippen LogP contribution in [0.3, 0.4) is 0 Å². The molecule has 0 aliphatic rings. The summed E-state index contributed by atoms with van der Waals surface area (Å²) < 4.78 is 5.10. The molecule has 2 rings (SSSR count). The maximum absolute atomic E-state index is 5.68. The fraction of sp³-hybridized carbons (Fsp3) is 0.400. The van der Waals surface area contributed by atoms with Crippen molar-refractivity contribution in [2.75, 3.05) is 5.73 Å². The maximum atomic E-state index is 5.68. The molecule has 6 nitrogen and oxygen atoms in total. The number of hydrogen-bond acceptors (Lipinski definition) is 7. The van der Waals surface area contributed by atoms with Gasteiger partial charge in [0.15, 0.2) is 11.6 Å². The lowest BCUT2D eigenvalue weighted by Gasteiger charge is -1.99. The lowest BCUT2D eigenvalue weighted by atomic mass is 10.2. The van der Waals surface area contributed by atoms with Crippen LogP contribution in [0.25, 0.3) is 0 Å². The Hall–Kier alpha value is -1.63. The van der Waals surface area contributed by atoms with E-state index in [1.54, 1.807) is 12.4 Å². The third-order valence-electron chi connectivity index (χ3n) is 2.01. The molecule has 0 aliphatic heterocycles. The fourth-order valence-corrected chi connectivity index (χ4v) is 1.86. The van der Waals surface area contributed by atoms with Gasteiger partial charge in [-0.05, 0) is 0 Å². The van der Waals surface area contributed by atoms with Crippen molar-refractivity contribution in [1.29, 1.82) is 0 Å². The van der Waals surface area contributed by atoms with Gasteiger partial charge in [-0.2, -0.15) is 4.98 Å². The molecule has 0 unspecified atom stereocenters. The van der Waals surface area contributed by atoms with Gasteiger partial charge in [0.05, 0.1) is 5.75 Å². The molecular weight excluding hydrogens is 238 g/mol. The van der Waals surface area contributed by atoms with E-state index in [0.717, 1.165) is 0 Å². The highest BCUT2D eigenvalue weighted by Gasteiger charge is 2.11. The summed E-state index contributed by atoms with van der Waals surface area (Å²) in [6.07, 6.45) is 3.17. The quantitative estimate of drug-likeness (QED) is 0.829. The van der Waals surface area contributed by atoms with E-state index in [4.69, 9.17) is 10.3 Å². The van der Waals surface area contributed by atoms with Crippen LogP contribution < -0.4 is 5.73 Å². The van der Waals surface area contributed by atoms with Gasteiger partial charge in [0.1, 0.15) is 5.03 Å². The summed E-state index contributed by atoms with van der Waals surface area (Å²) in [6.45, 7) is 4.01. The Balaban J connectivity index is 2.00. The number of hydrogen-bond donors (Lipinski definition) is 1. The van der Waals surface area contributed by atoms with Gasteiger partial charge in [0, 0.05) is 18.3 Å². The number of thioether (sulfide) groups is 1. The lowest BCUT2D eigenvalue weighted by molar-refractivity contribution is 0.362. The molecule has 0 spiro atoms. The zero-order chi connectivity index (χ0) is 12.3. The summed E-state index contributed by atoms with van der Waals surface area (Å²) >= 11 is 1.44. The van der Waals surface area contributed by atoms with Crippen LogP contribution in [-0.4, -0.2) is 20.1 Å². The molecule has 0 amide bonds. The summed E-state index contributed by atoms with van der Waals surface area (Å²) in [5.41, 5.74) is 5.68. The lowest BCUT2D eigenvalue weighted by Crippen LogP contribution is -1.95. The number of aromatic nitrogens is 4. The highest BCUT2D eigenvalue weighted by molar-refractivity contribution is 7.98. The average molecular weight is 251 g/mol. The van der Waals surface area contributed by atoms with Crippen LogP contribution in [-0.2, 0) is 5.75 Å². The van der Waals surface area contributed by atoms with Crippen LogP contribution >= 0.6 is 11.8 Å². The SMILES string of the molecule is CC(C)c1nc(CSc2nccnc2N)no1. The van der Waals surface area contributed by atoms with E-state index in [0.29, 0.717) is 28.3 Å². The second-order valence-electron chi connectivity index (χ2n) is 3.74. The number of nitrogens with zero attached hydrogens (tertiary/aromatic N) is 4. The van der Waals surface area contributed by atoms with Gasteiger partial charge < -0.3 is 10.3 Å². The van der Waals surface area contributed by atoms with E-state index < -0.39 is 0 Å². The summed E-state index contributed by atoms with van der Waals surface area (Å²) in [5, 5.41) is 4.57. The number of nitrogens with two attached hydrogens (primary N) is 1. The molecule has 0 aliphatic carbocycles. The van der Waals surface area contributed by atoms with Crippen molar-refractivity contribution in [3.63, 3.8) is 0 Å². The van der Waals surface area contributed by atoms with Gasteiger partial charge in [-0.15, -0.1) is 0 Å². The van der Waals surface area contributed by atoms with Gasteiger partial charge in [0.25, 0.3) is 0 Å². The number of rotatable bonds is 4. The Labute approximate surface area is 103 Å². The Bertz CT molecular complexity index is 499. The zero-order valence-electron chi connectivity index (χ0n) is 9.62. The van der Waals surface area contributed by atoms with Crippen molar-refractivity contribution in [1.82, 2.24) is 20.1 Å². The first-order chi connectivity index (χ1) is 8.16. The van der Waals surface area contributed by atoms with Crippen LogP contribution in [0.5, 0.6) is 0 Å². The van der Waals surface area contributed by atoms with Gasteiger partial charge in [-0.3, -0.25) is 0 Å². The minimum absolute atomic E-state index is 0.239. The molecule has 7 heteroatoms. The minimum atomic E-state index is 0.239. The average Bonchev–Trinajstić information content (AvgIpc) is 2.77. The molecule has 0 fully saturated rings. The Kier molecular flexibility index (Phi) is 3.58. The smallest absolute Gasteiger partial charge is 0.229 e. The first kappa shape index (κ1) is 11.8. The predicted octanol–water partition coefficient (Wildman–Crippen LogP) is 1.86. The largest absolute Gasteiger partial charge is 0.381 e. The van der Waals surface area contributed by atoms with Crippen molar-refractivity contribution in [2.45, 2.75) is 30.5 Å². The summed E-state index contributed by atoms with van der Waals surface area (Å²) in [4.78, 5) is 12.3. The fourth-order valence-electron chi connectivity index (χ4n) is 1.14. The second kappa shape index (κ2) is 5.13. The monoisotopic (exact) mass is 251 g/mol. The van der Waals surface area contributed by atoms with Crippen molar-refractivity contribution < 1.29 is 4.52 Å². The third kappa shape index (κ3) is 2.94. The van der Waals surface area contributed by atoms with E-state index >= 15 is 0 Å². The summed E-state index contributed by atoms with van der Waals surface area (Å²) in [7, 11) is 0. The molecule has 0 radical (unpaired) electrons. The molecule has 17 heavy (non-hydrogen) atoms. The Morgan fingerprint density at radius 1 is 1.35 bits per heavy atom. The first-order valence-corrected chi connectivity index (χ1v) is 6.17. The van der Waals surface area contributed by atoms with Crippen molar-refractivity contribution in [2.24, 2.45) is 0 Å². The predicted molar refractivity (Wildman–Crippen MR) is 64.4 cm³/mol. The van der Waals surface area contributed by atoms with Crippen LogP contribution in [0.2, 0.25) is 0 Å². The van der Waals surface area contributed by atoms with Crippen molar-refractivity contribution in [3.8, 4) is 0 Å². The number of anilines is 1. The minimum Gasteiger partial charge on any atom is -0.381 e. The first-order valence-electron chi connectivity index (χ1n) is 5.18. The maximum Gasteiger partial charge on any atom is 0.229 e. The van der Waals surface area contributed by atoms with Crippen LogP contribution in [0, 0.1) is 0 Å². The molecule has 2 heterocycles. The molecule has 2 aromatic heterocycles. The summed E-state index contributed by atoms with van der Waals surface area (Å²) in [6, 6.07) is 0. The third-order valence-corrected chi connectivity index (χ3v) is 3.00. The molecule has 0 saturated heterocycles. The molecule has 0 atom stereocenters. The van der Waals surface area contributed by atoms with Gasteiger partial charge in [-0.25, -0.2) is 9.97 Å². The van der Waals surface area contributed by atoms with Gasteiger partial charge in [-0.1, -0.05) is 30.8 Å². The van der Waals surface area contributed by atoms with Crippen molar-refractivity contribution >= 4 is 17.6 Å². The van der Waals surface area contributed by atoms with Crippen LogP contribution in [0.15, 0.2) is 21.9 Å². The van der Waals surface area contributed by atoms with Crippen molar-refractivity contribution in [3.05, 3.63) is 24.1 Å². The molecule has 2 N–H and O–H groups in total. The molecular formula is C10H13N5OS. The molecule has 0 aromatic carbocycles. The van der Waals surface area contributed by atoms with Gasteiger partial charge in [0.2, 0.25) is 5.89 Å². The standard InChI is InChI=1S/C10H13N5OS/c1-6(2)9-14-7(15-16-9)5-17-10-8(11)12-3-4-13-10/h3-4,6H,5H2,1-2H3,(H2,11,12). The Morgan fingerprint density at radius 2 is 2.12 bits per heavy atom. The molecule has 90 valence electrons. The normalized spacial score (nSPS) is 11.0. The van der Waals surface area contributed by atoms with E-state index in [1.807, 2.05) is 13.8 Å². The topological polar surface area (TPSA) is 90.7 Å². The molecule has 0 saturated carbocycles. The molecule has 0 bridgehead atoms. The van der Waals surface area contributed by atoms with E-state index in [-0.39, 0.29) is 5.92 Å². The zero-order valence-corrected chi connectivity index (χ0v) is 10.4. The van der Waals surface area contributed by atoms with Gasteiger partial charge >= 0.3 is 0 Å². The van der Waals surface area contributed by atoms with E-state index in [1.165, 1.54) is 11.8 Å². The second-order valence-corrected chi connectivity index (χ2v) is 4.70. The van der Waals surface area contributed by atoms with Crippen LogP contribution in [0.1, 0.15) is 31.5 Å². The Morgan fingerprint density at radius 3 is 2.76 bits per heavy atom. The molecule has 2 aromatic rings. The van der Waals surface area contributed by atoms with E-state index in [9.17, 15) is 0 Å². The summed E-state index contributed by atoms with van der Waals surface area (Å²) in [5.74, 6) is 2.52. The van der Waals surface area contributed by atoms with E-state index in [2.05, 4.69) is 20.1 Å².